The number of halogens is 4. The van der Waals surface area contributed by atoms with Gasteiger partial charge in [0.1, 0.15) is 5.56 Å². The summed E-state index contributed by atoms with van der Waals surface area (Å²) in [4.78, 5) is 37.3. The summed E-state index contributed by atoms with van der Waals surface area (Å²) >= 11 is 5.83. The van der Waals surface area contributed by atoms with Gasteiger partial charge >= 0.3 is 12.1 Å². The van der Waals surface area contributed by atoms with E-state index < -0.39 is 23.6 Å². The third-order valence-corrected chi connectivity index (χ3v) is 4.10. The molecule has 0 atom stereocenters. The van der Waals surface area contributed by atoms with Gasteiger partial charge in [0.15, 0.2) is 0 Å². The van der Waals surface area contributed by atoms with Crippen molar-refractivity contribution in [1.29, 1.82) is 0 Å². The van der Waals surface area contributed by atoms with Gasteiger partial charge in [-0.3, -0.25) is 14.6 Å². The van der Waals surface area contributed by atoms with Crippen LogP contribution < -0.4 is 10.9 Å². The maximum Gasteiger partial charge on any atom is 0.490 e. The normalized spacial score (nSPS) is 10.7. The number of nitrogens with zero attached hydrogens (tertiary/aromatic N) is 2. The SMILES string of the molecule is Cc1cc(-c2cc(C(=O)NCc3ccc(Cl)cc3)c(=O)[nH]n2)ccn1.O=C(O)C(F)(F)F. The van der Waals surface area contributed by atoms with Gasteiger partial charge in [0.05, 0.1) is 5.69 Å². The monoisotopic (exact) mass is 468 g/mol. The van der Waals surface area contributed by atoms with Crippen molar-refractivity contribution in [3.05, 3.63) is 80.9 Å². The molecule has 1 aromatic carbocycles. The van der Waals surface area contributed by atoms with E-state index >= 15 is 0 Å². The zero-order valence-corrected chi connectivity index (χ0v) is 17.2. The molecule has 0 bridgehead atoms. The minimum atomic E-state index is -5.08. The molecule has 3 rings (SSSR count). The van der Waals surface area contributed by atoms with E-state index in [-0.39, 0.29) is 5.56 Å². The molecule has 0 radical (unpaired) electrons. The minimum Gasteiger partial charge on any atom is -0.475 e. The maximum atomic E-state index is 12.4. The first-order chi connectivity index (χ1) is 15.0. The summed E-state index contributed by atoms with van der Waals surface area (Å²) in [6, 6.07) is 12.2. The van der Waals surface area contributed by atoms with Gasteiger partial charge in [0, 0.05) is 29.0 Å². The Kier molecular flexibility index (Phi) is 8.08. The Hall–Kier alpha value is -3.73. The lowest BCUT2D eigenvalue weighted by atomic mass is 10.1. The van der Waals surface area contributed by atoms with E-state index in [1.54, 1.807) is 24.4 Å². The first-order valence-corrected chi connectivity index (χ1v) is 9.20. The predicted octanol–water partition coefficient (Wildman–Crippen LogP) is 3.36. The van der Waals surface area contributed by atoms with Crippen LogP contribution in [0.3, 0.4) is 0 Å². The highest BCUT2D eigenvalue weighted by Gasteiger charge is 2.38. The molecule has 0 saturated carbocycles. The fourth-order valence-corrected chi connectivity index (χ4v) is 2.43. The lowest BCUT2D eigenvalue weighted by Gasteiger charge is -2.07. The first kappa shape index (κ1) is 24.5. The molecule has 32 heavy (non-hydrogen) atoms. The van der Waals surface area contributed by atoms with Crippen LogP contribution in [0.4, 0.5) is 13.2 Å². The number of carboxylic acid groups (broad SMARTS) is 1. The molecule has 2 aromatic heterocycles. The Morgan fingerprint density at radius 3 is 2.34 bits per heavy atom. The Morgan fingerprint density at radius 1 is 1.16 bits per heavy atom. The fourth-order valence-electron chi connectivity index (χ4n) is 2.31. The fraction of sp³-hybridized carbons (Fsp3) is 0.150. The Balaban J connectivity index is 0.000000451. The number of rotatable bonds is 4. The number of carbonyl (C=O) groups is 2. The van der Waals surface area contributed by atoms with Gasteiger partial charge in [0.2, 0.25) is 0 Å². The Morgan fingerprint density at radius 2 is 1.78 bits per heavy atom. The summed E-state index contributed by atoms with van der Waals surface area (Å²) < 4.78 is 31.7. The summed E-state index contributed by atoms with van der Waals surface area (Å²) in [5.41, 5.74) is 2.45. The summed E-state index contributed by atoms with van der Waals surface area (Å²) in [6.07, 6.45) is -3.43. The van der Waals surface area contributed by atoms with Gasteiger partial charge in [-0.25, -0.2) is 9.89 Å². The Bertz CT molecular complexity index is 1160. The molecule has 0 aliphatic rings. The summed E-state index contributed by atoms with van der Waals surface area (Å²) in [6.45, 7) is 2.15. The quantitative estimate of drug-likeness (QED) is 0.539. The largest absolute Gasteiger partial charge is 0.490 e. The number of nitrogens with one attached hydrogen (secondary N) is 2. The number of carbonyl (C=O) groups excluding carboxylic acids is 1. The molecule has 12 heteroatoms. The van der Waals surface area contributed by atoms with Crippen molar-refractivity contribution >= 4 is 23.5 Å². The van der Waals surface area contributed by atoms with E-state index in [4.69, 9.17) is 21.5 Å². The van der Waals surface area contributed by atoms with Crippen LogP contribution in [0.25, 0.3) is 11.3 Å². The number of alkyl halides is 3. The minimum absolute atomic E-state index is 0.00780. The molecule has 168 valence electrons. The number of benzene rings is 1. The number of aryl methyl sites for hydroxylation is 1. The van der Waals surface area contributed by atoms with Crippen molar-refractivity contribution in [2.24, 2.45) is 0 Å². The molecule has 3 N–H and O–H groups in total. The second-order valence-electron chi connectivity index (χ2n) is 6.29. The maximum absolute atomic E-state index is 12.4. The van der Waals surface area contributed by atoms with Crippen molar-refractivity contribution in [2.45, 2.75) is 19.6 Å². The average molecular weight is 469 g/mol. The van der Waals surface area contributed by atoms with Gasteiger partial charge < -0.3 is 10.4 Å². The van der Waals surface area contributed by atoms with Crippen LogP contribution in [0.5, 0.6) is 0 Å². The van der Waals surface area contributed by atoms with Crippen molar-refractivity contribution in [3.63, 3.8) is 0 Å². The number of hydrogen-bond donors (Lipinski definition) is 3. The Labute approximate surface area is 184 Å². The van der Waals surface area contributed by atoms with Crippen LogP contribution in [0.2, 0.25) is 5.02 Å². The molecule has 3 aromatic rings. The number of aromatic amines is 1. The number of pyridine rings is 1. The second-order valence-corrected chi connectivity index (χ2v) is 6.73. The zero-order valence-electron chi connectivity index (χ0n) is 16.4. The number of aliphatic carboxylic acids is 1. The number of aromatic nitrogens is 3. The molecule has 0 aliphatic carbocycles. The van der Waals surface area contributed by atoms with Crippen LogP contribution in [-0.2, 0) is 11.3 Å². The molecule has 0 spiro atoms. The zero-order chi connectivity index (χ0) is 23.9. The molecule has 8 nitrogen and oxygen atoms in total. The third-order valence-electron chi connectivity index (χ3n) is 3.85. The van der Waals surface area contributed by atoms with Crippen molar-refractivity contribution in [3.8, 4) is 11.3 Å². The van der Waals surface area contributed by atoms with E-state index in [1.165, 1.54) is 6.07 Å². The summed E-state index contributed by atoms with van der Waals surface area (Å²) in [7, 11) is 0. The molecule has 0 fully saturated rings. The van der Waals surface area contributed by atoms with Gasteiger partial charge in [-0.2, -0.15) is 18.3 Å². The van der Waals surface area contributed by atoms with Crippen LogP contribution in [-0.4, -0.2) is 38.3 Å². The van der Waals surface area contributed by atoms with Gasteiger partial charge in [-0.15, -0.1) is 0 Å². The van der Waals surface area contributed by atoms with Gasteiger partial charge in [-0.05, 0) is 42.8 Å². The third kappa shape index (κ3) is 7.20. The highest BCUT2D eigenvalue weighted by atomic mass is 35.5. The van der Waals surface area contributed by atoms with E-state index in [1.807, 2.05) is 25.1 Å². The van der Waals surface area contributed by atoms with E-state index in [2.05, 4.69) is 20.5 Å². The van der Waals surface area contributed by atoms with Crippen molar-refractivity contribution in [1.82, 2.24) is 20.5 Å². The molecular weight excluding hydrogens is 453 g/mol. The van der Waals surface area contributed by atoms with Crippen LogP contribution in [0.1, 0.15) is 21.6 Å². The smallest absolute Gasteiger partial charge is 0.475 e. The molecule has 2 heterocycles. The van der Waals surface area contributed by atoms with Gasteiger partial charge in [0.25, 0.3) is 11.5 Å². The highest BCUT2D eigenvalue weighted by molar-refractivity contribution is 6.30. The second kappa shape index (κ2) is 10.5. The van der Waals surface area contributed by atoms with E-state index in [9.17, 15) is 22.8 Å². The summed E-state index contributed by atoms with van der Waals surface area (Å²) in [5, 5.41) is 16.8. The predicted molar refractivity (Wildman–Crippen MR) is 109 cm³/mol. The highest BCUT2D eigenvalue weighted by Crippen LogP contribution is 2.16. The standard InChI is InChI=1S/C18H15ClN4O2.C2HF3O2/c1-11-8-13(6-7-20-11)16-9-15(18(25)23-22-16)17(24)21-10-12-2-4-14(19)5-3-12;3-2(4,5)1(6)7/h2-9H,10H2,1H3,(H,21,24)(H,23,25);(H,6,7). The van der Waals surface area contributed by atoms with Gasteiger partial charge in [-0.1, -0.05) is 23.7 Å². The number of H-pyrrole nitrogens is 1. The lowest BCUT2D eigenvalue weighted by Crippen LogP contribution is -2.29. The topological polar surface area (TPSA) is 125 Å². The van der Waals surface area contributed by atoms with Crippen LogP contribution in [0.15, 0.2) is 53.5 Å². The number of hydrogen-bond acceptors (Lipinski definition) is 5. The molecule has 1 amide bonds. The van der Waals surface area contributed by atoms with Crippen molar-refractivity contribution < 1.29 is 27.9 Å². The van der Waals surface area contributed by atoms with Crippen molar-refractivity contribution in [2.75, 3.05) is 0 Å². The number of amides is 1. The summed E-state index contributed by atoms with van der Waals surface area (Å²) in [5.74, 6) is -3.22. The lowest BCUT2D eigenvalue weighted by molar-refractivity contribution is -0.192. The molecule has 0 unspecified atom stereocenters. The molecule has 0 aliphatic heterocycles. The average Bonchev–Trinajstić information content (AvgIpc) is 2.73. The van der Waals surface area contributed by atoms with Crippen LogP contribution in [0, 0.1) is 6.92 Å². The van der Waals surface area contributed by atoms with E-state index in [0.29, 0.717) is 17.3 Å². The van der Waals surface area contributed by atoms with Crippen LogP contribution >= 0.6 is 11.6 Å². The number of carboxylic acids is 1. The molecule has 0 saturated heterocycles. The van der Waals surface area contributed by atoms with E-state index in [0.717, 1.165) is 16.8 Å². The first-order valence-electron chi connectivity index (χ1n) is 8.83. The molecular formula is C20H16ClF3N4O4.